The zero-order valence-electron chi connectivity index (χ0n) is 13.2. The molecule has 0 radical (unpaired) electrons. The average molecular weight is 319 g/mol. The first-order valence-corrected chi connectivity index (χ1v) is 7.83. The quantitative estimate of drug-likeness (QED) is 0.852. The number of piperazine rings is 1. The first-order valence-electron chi connectivity index (χ1n) is 7.83. The molecule has 0 saturated carbocycles. The van der Waals surface area contributed by atoms with Crippen LogP contribution in [0.4, 0.5) is 0 Å². The molecule has 24 heavy (non-hydrogen) atoms. The van der Waals surface area contributed by atoms with Gasteiger partial charge in [-0.25, -0.2) is 0 Å². The van der Waals surface area contributed by atoms with E-state index >= 15 is 0 Å². The summed E-state index contributed by atoms with van der Waals surface area (Å²) in [6, 6.07) is 17.8. The van der Waals surface area contributed by atoms with Crippen LogP contribution in [-0.2, 0) is 0 Å². The number of benzene rings is 2. The zero-order chi connectivity index (χ0) is 16.9. The predicted molar refractivity (Wildman–Crippen MR) is 89.4 cm³/mol. The zero-order valence-corrected chi connectivity index (χ0v) is 13.2. The lowest BCUT2D eigenvalue weighted by Crippen LogP contribution is -2.50. The molecule has 0 spiro atoms. The van der Waals surface area contributed by atoms with E-state index in [0.29, 0.717) is 42.9 Å². The molecule has 1 aliphatic heterocycles. The highest BCUT2D eigenvalue weighted by atomic mass is 16.2. The number of rotatable bonds is 2. The normalized spacial score (nSPS) is 14.1. The van der Waals surface area contributed by atoms with Gasteiger partial charge in [0, 0.05) is 37.3 Å². The Labute approximate surface area is 140 Å². The minimum atomic E-state index is -0.0636. The van der Waals surface area contributed by atoms with Crippen molar-refractivity contribution < 1.29 is 9.59 Å². The summed E-state index contributed by atoms with van der Waals surface area (Å²) in [5.74, 6) is -0.0626. The second-order valence-electron chi connectivity index (χ2n) is 5.64. The van der Waals surface area contributed by atoms with Crippen molar-refractivity contribution in [1.29, 1.82) is 5.26 Å². The van der Waals surface area contributed by atoms with Crippen LogP contribution < -0.4 is 0 Å². The second-order valence-corrected chi connectivity index (χ2v) is 5.64. The largest absolute Gasteiger partial charge is 0.335 e. The van der Waals surface area contributed by atoms with Crippen LogP contribution >= 0.6 is 0 Å². The number of hydrogen-bond donors (Lipinski definition) is 0. The van der Waals surface area contributed by atoms with Crippen molar-refractivity contribution >= 4 is 11.8 Å². The fourth-order valence-corrected chi connectivity index (χ4v) is 2.75. The molecule has 2 aromatic rings. The summed E-state index contributed by atoms with van der Waals surface area (Å²) >= 11 is 0. The van der Waals surface area contributed by atoms with Gasteiger partial charge in [-0.3, -0.25) is 9.59 Å². The summed E-state index contributed by atoms with van der Waals surface area (Å²) in [6.45, 7) is 2.07. The van der Waals surface area contributed by atoms with E-state index in [9.17, 15) is 9.59 Å². The molecule has 0 aromatic heterocycles. The average Bonchev–Trinajstić information content (AvgIpc) is 2.68. The molecule has 5 nitrogen and oxygen atoms in total. The van der Waals surface area contributed by atoms with E-state index in [2.05, 4.69) is 0 Å². The van der Waals surface area contributed by atoms with Crippen molar-refractivity contribution in [2.75, 3.05) is 26.2 Å². The molecule has 2 aromatic carbocycles. The highest BCUT2D eigenvalue weighted by Gasteiger charge is 2.25. The molecule has 1 heterocycles. The molecule has 0 unspecified atom stereocenters. The highest BCUT2D eigenvalue weighted by molar-refractivity contribution is 5.96. The third-order valence-electron chi connectivity index (χ3n) is 4.14. The van der Waals surface area contributed by atoms with Crippen LogP contribution in [0.5, 0.6) is 0 Å². The van der Waals surface area contributed by atoms with Gasteiger partial charge >= 0.3 is 0 Å². The molecule has 1 saturated heterocycles. The van der Waals surface area contributed by atoms with Gasteiger partial charge in [0.1, 0.15) is 0 Å². The number of nitriles is 1. The fourth-order valence-electron chi connectivity index (χ4n) is 2.75. The summed E-state index contributed by atoms with van der Waals surface area (Å²) in [4.78, 5) is 28.4. The maximum Gasteiger partial charge on any atom is 0.253 e. The first kappa shape index (κ1) is 15.8. The Kier molecular flexibility index (Phi) is 4.57. The van der Waals surface area contributed by atoms with Crippen LogP contribution in [0.3, 0.4) is 0 Å². The molecule has 1 fully saturated rings. The lowest BCUT2D eigenvalue weighted by atomic mass is 10.1. The van der Waals surface area contributed by atoms with Gasteiger partial charge in [0.15, 0.2) is 0 Å². The molecule has 0 bridgehead atoms. The topological polar surface area (TPSA) is 64.4 Å². The monoisotopic (exact) mass is 319 g/mol. The molecular weight excluding hydrogens is 302 g/mol. The Balaban J connectivity index is 1.61. The van der Waals surface area contributed by atoms with Gasteiger partial charge in [0.05, 0.1) is 11.6 Å². The maximum atomic E-state index is 12.5. The lowest BCUT2D eigenvalue weighted by Gasteiger charge is -2.34. The first-order chi connectivity index (χ1) is 11.7. The maximum absolute atomic E-state index is 12.5. The Morgan fingerprint density at radius 1 is 0.750 bits per heavy atom. The van der Waals surface area contributed by atoms with Crippen molar-refractivity contribution in [2.45, 2.75) is 0 Å². The lowest BCUT2D eigenvalue weighted by molar-refractivity contribution is 0.0535. The van der Waals surface area contributed by atoms with E-state index in [1.807, 2.05) is 24.3 Å². The van der Waals surface area contributed by atoms with Crippen molar-refractivity contribution in [3.8, 4) is 6.07 Å². The Bertz CT molecular complexity index is 771. The van der Waals surface area contributed by atoms with Crippen molar-refractivity contribution in [2.24, 2.45) is 0 Å². The van der Waals surface area contributed by atoms with E-state index in [1.54, 1.807) is 46.2 Å². The second kappa shape index (κ2) is 6.97. The molecule has 2 amide bonds. The van der Waals surface area contributed by atoms with Gasteiger partial charge in [-0.2, -0.15) is 5.26 Å². The van der Waals surface area contributed by atoms with Crippen LogP contribution in [-0.4, -0.2) is 47.8 Å². The predicted octanol–water partition coefficient (Wildman–Crippen LogP) is 2.16. The van der Waals surface area contributed by atoms with Crippen molar-refractivity contribution in [3.05, 3.63) is 71.3 Å². The van der Waals surface area contributed by atoms with Crippen LogP contribution in [0.1, 0.15) is 26.3 Å². The summed E-state index contributed by atoms with van der Waals surface area (Å²) < 4.78 is 0. The van der Waals surface area contributed by atoms with Gasteiger partial charge < -0.3 is 9.80 Å². The summed E-state index contributed by atoms with van der Waals surface area (Å²) in [6.07, 6.45) is 0. The van der Waals surface area contributed by atoms with Gasteiger partial charge in [-0.1, -0.05) is 18.2 Å². The van der Waals surface area contributed by atoms with E-state index < -0.39 is 0 Å². The van der Waals surface area contributed by atoms with E-state index in [4.69, 9.17) is 5.26 Å². The van der Waals surface area contributed by atoms with Gasteiger partial charge in [-0.15, -0.1) is 0 Å². The SMILES string of the molecule is N#Cc1ccc(C(=O)N2CCN(C(=O)c3ccccc3)CC2)cc1. The number of amides is 2. The van der Waals surface area contributed by atoms with Gasteiger partial charge in [0.25, 0.3) is 11.8 Å². The molecule has 0 aliphatic carbocycles. The standard InChI is InChI=1S/C19H17N3O2/c20-14-15-6-8-17(9-7-15)19(24)22-12-10-21(11-13-22)18(23)16-4-2-1-3-5-16/h1-9H,10-13H2. The summed E-state index contributed by atoms with van der Waals surface area (Å²) in [5, 5.41) is 8.81. The van der Waals surface area contributed by atoms with E-state index in [1.165, 1.54) is 0 Å². The van der Waals surface area contributed by atoms with Crippen molar-refractivity contribution in [1.82, 2.24) is 9.80 Å². The third kappa shape index (κ3) is 3.28. The number of hydrogen-bond acceptors (Lipinski definition) is 3. The van der Waals surface area contributed by atoms with E-state index in [0.717, 1.165) is 0 Å². The molecular formula is C19H17N3O2. The van der Waals surface area contributed by atoms with Gasteiger partial charge in [0.2, 0.25) is 0 Å². The van der Waals surface area contributed by atoms with Crippen LogP contribution in [0.25, 0.3) is 0 Å². The molecule has 1 aliphatic rings. The Morgan fingerprint density at radius 3 is 1.67 bits per heavy atom. The third-order valence-corrected chi connectivity index (χ3v) is 4.14. The van der Waals surface area contributed by atoms with Crippen LogP contribution in [0.15, 0.2) is 54.6 Å². The molecule has 0 atom stereocenters. The Hall–Kier alpha value is -3.13. The van der Waals surface area contributed by atoms with Gasteiger partial charge in [-0.05, 0) is 36.4 Å². The minimum absolute atomic E-state index is 0.000993. The fraction of sp³-hybridized carbons (Fsp3) is 0.211. The Morgan fingerprint density at radius 2 is 1.21 bits per heavy atom. The molecule has 120 valence electrons. The summed E-state index contributed by atoms with van der Waals surface area (Å²) in [5.41, 5.74) is 1.77. The van der Waals surface area contributed by atoms with E-state index in [-0.39, 0.29) is 11.8 Å². The number of carbonyl (C=O) groups is 2. The van der Waals surface area contributed by atoms with Crippen molar-refractivity contribution in [3.63, 3.8) is 0 Å². The summed E-state index contributed by atoms with van der Waals surface area (Å²) in [7, 11) is 0. The number of nitrogens with zero attached hydrogens (tertiary/aromatic N) is 3. The molecule has 3 rings (SSSR count). The minimum Gasteiger partial charge on any atom is -0.335 e. The molecule has 5 heteroatoms. The highest BCUT2D eigenvalue weighted by Crippen LogP contribution is 2.12. The molecule has 0 N–H and O–H groups in total. The number of carbonyl (C=O) groups excluding carboxylic acids is 2. The smallest absolute Gasteiger partial charge is 0.253 e. The van der Waals surface area contributed by atoms with Crippen LogP contribution in [0, 0.1) is 11.3 Å². The van der Waals surface area contributed by atoms with Crippen LogP contribution in [0.2, 0.25) is 0 Å².